The number of rotatable bonds is 4. The van der Waals surface area contributed by atoms with Gasteiger partial charge in [0.15, 0.2) is 0 Å². The maximum Gasteiger partial charge on any atom is 0.221 e. The van der Waals surface area contributed by atoms with Crippen LogP contribution < -0.4 is 5.32 Å². The number of likely N-dealkylation sites (tertiary alicyclic amines) is 1. The summed E-state index contributed by atoms with van der Waals surface area (Å²) >= 11 is 0. The molecule has 1 aromatic carbocycles. The smallest absolute Gasteiger partial charge is 0.221 e. The lowest BCUT2D eigenvalue weighted by atomic mass is 10.2. The van der Waals surface area contributed by atoms with Gasteiger partial charge in [-0.1, -0.05) is 12.1 Å². The zero-order valence-electron chi connectivity index (χ0n) is 14.0. The normalized spacial score (nSPS) is 18.3. The molecule has 0 aliphatic carbocycles. The SMILES string of the molecule is CC(=O)Nc1ccc(CN2CC[C@@H](n3nc(C)cc3C)C2)cc1. The summed E-state index contributed by atoms with van der Waals surface area (Å²) in [5.41, 5.74) is 4.46. The van der Waals surface area contributed by atoms with Gasteiger partial charge in [0.1, 0.15) is 0 Å². The summed E-state index contributed by atoms with van der Waals surface area (Å²) in [6.07, 6.45) is 1.14. The zero-order chi connectivity index (χ0) is 16.4. The monoisotopic (exact) mass is 312 g/mol. The molecular formula is C18H24N4O. The minimum Gasteiger partial charge on any atom is -0.326 e. The van der Waals surface area contributed by atoms with Crippen LogP contribution in [-0.4, -0.2) is 33.7 Å². The molecule has 1 atom stereocenters. The average Bonchev–Trinajstić information content (AvgIpc) is 3.07. The number of anilines is 1. The van der Waals surface area contributed by atoms with Gasteiger partial charge in [-0.05, 0) is 44.0 Å². The van der Waals surface area contributed by atoms with E-state index in [0.717, 1.165) is 37.4 Å². The van der Waals surface area contributed by atoms with Crippen LogP contribution in [0.25, 0.3) is 0 Å². The van der Waals surface area contributed by atoms with Crippen molar-refractivity contribution in [3.8, 4) is 0 Å². The molecule has 1 fully saturated rings. The second-order valence-electron chi connectivity index (χ2n) is 6.43. The van der Waals surface area contributed by atoms with E-state index in [1.807, 2.05) is 19.1 Å². The fourth-order valence-corrected chi connectivity index (χ4v) is 3.33. The molecule has 3 rings (SSSR count). The zero-order valence-corrected chi connectivity index (χ0v) is 14.0. The first kappa shape index (κ1) is 15.7. The molecule has 122 valence electrons. The van der Waals surface area contributed by atoms with E-state index in [0.29, 0.717) is 6.04 Å². The fourth-order valence-electron chi connectivity index (χ4n) is 3.33. The summed E-state index contributed by atoms with van der Waals surface area (Å²) in [4.78, 5) is 13.5. The van der Waals surface area contributed by atoms with E-state index in [4.69, 9.17) is 0 Å². The van der Waals surface area contributed by atoms with Crippen LogP contribution in [-0.2, 0) is 11.3 Å². The number of aryl methyl sites for hydroxylation is 2. The van der Waals surface area contributed by atoms with Gasteiger partial charge >= 0.3 is 0 Å². The molecule has 1 aliphatic rings. The number of carbonyl (C=O) groups is 1. The van der Waals surface area contributed by atoms with Gasteiger partial charge in [-0.25, -0.2) is 0 Å². The van der Waals surface area contributed by atoms with Crippen LogP contribution in [0, 0.1) is 13.8 Å². The van der Waals surface area contributed by atoms with Crippen LogP contribution in [0.3, 0.4) is 0 Å². The van der Waals surface area contributed by atoms with Gasteiger partial charge in [0.05, 0.1) is 11.7 Å². The van der Waals surface area contributed by atoms with Crippen molar-refractivity contribution in [1.29, 1.82) is 0 Å². The van der Waals surface area contributed by atoms with E-state index in [1.54, 1.807) is 0 Å². The molecule has 2 heterocycles. The van der Waals surface area contributed by atoms with Crippen molar-refractivity contribution in [1.82, 2.24) is 14.7 Å². The van der Waals surface area contributed by atoms with Crippen LogP contribution >= 0.6 is 0 Å². The van der Waals surface area contributed by atoms with E-state index in [9.17, 15) is 4.79 Å². The molecule has 0 radical (unpaired) electrons. The van der Waals surface area contributed by atoms with Gasteiger partial charge in [-0.15, -0.1) is 0 Å². The standard InChI is InChI=1S/C18H24N4O/c1-13-10-14(2)22(20-13)18-8-9-21(12-18)11-16-4-6-17(7-5-16)19-15(3)23/h4-7,10,18H,8-9,11-12H2,1-3H3,(H,19,23)/t18-/m1/s1. The second-order valence-corrected chi connectivity index (χ2v) is 6.43. The Kier molecular flexibility index (Phi) is 4.48. The van der Waals surface area contributed by atoms with Gasteiger partial charge in [0, 0.05) is 37.9 Å². The van der Waals surface area contributed by atoms with Gasteiger partial charge in [-0.3, -0.25) is 14.4 Å². The van der Waals surface area contributed by atoms with Crippen molar-refractivity contribution >= 4 is 11.6 Å². The summed E-state index contributed by atoms with van der Waals surface area (Å²) in [5.74, 6) is -0.0370. The Balaban J connectivity index is 1.59. The lowest BCUT2D eigenvalue weighted by Gasteiger charge is -2.17. The molecule has 1 N–H and O–H groups in total. The highest BCUT2D eigenvalue weighted by atomic mass is 16.1. The van der Waals surface area contributed by atoms with Crippen LogP contribution in [0.1, 0.15) is 36.3 Å². The first-order valence-electron chi connectivity index (χ1n) is 8.13. The first-order chi connectivity index (χ1) is 11.0. The minimum absolute atomic E-state index is 0.0370. The molecule has 0 spiro atoms. The molecular weight excluding hydrogens is 288 g/mol. The molecule has 5 heteroatoms. The van der Waals surface area contributed by atoms with E-state index in [-0.39, 0.29) is 5.91 Å². The third-order valence-corrected chi connectivity index (χ3v) is 4.32. The second kappa shape index (κ2) is 6.54. The van der Waals surface area contributed by atoms with Crippen molar-refractivity contribution in [2.45, 2.75) is 39.8 Å². The summed E-state index contributed by atoms with van der Waals surface area (Å²) < 4.78 is 2.18. The highest BCUT2D eigenvalue weighted by Gasteiger charge is 2.25. The Labute approximate surface area is 137 Å². The number of benzene rings is 1. The third-order valence-electron chi connectivity index (χ3n) is 4.32. The van der Waals surface area contributed by atoms with Crippen molar-refractivity contribution in [3.63, 3.8) is 0 Å². The Morgan fingerprint density at radius 2 is 2.04 bits per heavy atom. The molecule has 1 aliphatic heterocycles. The number of amides is 1. The van der Waals surface area contributed by atoms with Crippen LogP contribution in [0.5, 0.6) is 0 Å². The van der Waals surface area contributed by atoms with Crippen LogP contribution in [0.4, 0.5) is 5.69 Å². The summed E-state index contributed by atoms with van der Waals surface area (Å²) in [7, 11) is 0. The molecule has 0 bridgehead atoms. The summed E-state index contributed by atoms with van der Waals surface area (Å²) in [5, 5.41) is 7.42. The molecule has 1 saturated heterocycles. The predicted molar refractivity (Wildman–Crippen MR) is 91.4 cm³/mol. The third kappa shape index (κ3) is 3.79. The highest BCUT2D eigenvalue weighted by Crippen LogP contribution is 2.24. The molecule has 1 aromatic heterocycles. The van der Waals surface area contributed by atoms with E-state index in [1.165, 1.54) is 18.2 Å². The number of aromatic nitrogens is 2. The molecule has 2 aromatic rings. The van der Waals surface area contributed by atoms with Crippen molar-refractivity contribution < 1.29 is 4.79 Å². The van der Waals surface area contributed by atoms with Gasteiger partial charge < -0.3 is 5.32 Å². The minimum atomic E-state index is -0.0370. The first-order valence-corrected chi connectivity index (χ1v) is 8.13. The molecule has 23 heavy (non-hydrogen) atoms. The van der Waals surface area contributed by atoms with Gasteiger partial charge in [-0.2, -0.15) is 5.10 Å². The van der Waals surface area contributed by atoms with E-state index < -0.39 is 0 Å². The number of carbonyl (C=O) groups excluding carboxylic acids is 1. The van der Waals surface area contributed by atoms with E-state index >= 15 is 0 Å². The van der Waals surface area contributed by atoms with Crippen molar-refractivity contribution in [3.05, 3.63) is 47.3 Å². The number of nitrogens with zero attached hydrogens (tertiary/aromatic N) is 3. The topological polar surface area (TPSA) is 50.2 Å². The lowest BCUT2D eigenvalue weighted by Crippen LogP contribution is -2.22. The highest BCUT2D eigenvalue weighted by molar-refractivity contribution is 5.88. The predicted octanol–water partition coefficient (Wildman–Crippen LogP) is 2.91. The Morgan fingerprint density at radius 3 is 2.65 bits per heavy atom. The summed E-state index contributed by atoms with van der Waals surface area (Å²) in [6, 6.07) is 10.7. The van der Waals surface area contributed by atoms with E-state index in [2.05, 4.69) is 45.1 Å². The maximum absolute atomic E-state index is 11.0. The molecule has 1 amide bonds. The lowest BCUT2D eigenvalue weighted by molar-refractivity contribution is -0.114. The van der Waals surface area contributed by atoms with Crippen LogP contribution in [0.15, 0.2) is 30.3 Å². The largest absolute Gasteiger partial charge is 0.326 e. The molecule has 0 saturated carbocycles. The van der Waals surface area contributed by atoms with Crippen molar-refractivity contribution in [2.75, 3.05) is 18.4 Å². The average molecular weight is 312 g/mol. The van der Waals surface area contributed by atoms with Gasteiger partial charge in [0.25, 0.3) is 0 Å². The quantitative estimate of drug-likeness (QED) is 0.944. The Bertz CT molecular complexity index is 690. The maximum atomic E-state index is 11.0. The molecule has 0 unspecified atom stereocenters. The van der Waals surface area contributed by atoms with Crippen molar-refractivity contribution in [2.24, 2.45) is 0 Å². The number of nitrogens with one attached hydrogen (secondary N) is 1. The Hall–Kier alpha value is -2.14. The van der Waals surface area contributed by atoms with Crippen LogP contribution in [0.2, 0.25) is 0 Å². The molecule has 5 nitrogen and oxygen atoms in total. The Morgan fingerprint density at radius 1 is 1.30 bits per heavy atom. The fraction of sp³-hybridized carbons (Fsp3) is 0.444. The summed E-state index contributed by atoms with van der Waals surface area (Å²) in [6.45, 7) is 8.77. The van der Waals surface area contributed by atoms with Gasteiger partial charge in [0.2, 0.25) is 5.91 Å². The number of hydrogen-bond acceptors (Lipinski definition) is 3. The number of hydrogen-bond donors (Lipinski definition) is 1.